The molecule has 3 rings (SSSR count). The SMILES string of the molecule is CC(C)Oc1cccc(C(=O)Nc2nnc([C@@H]3C[C@H](O)[C@@H](CO)O3)s2)c1. The standard InChI is InChI=1S/C17H21N3O5S/c1-9(2)24-11-5-3-4-10(6-11)15(23)18-17-20-19-16(26-17)13-7-12(22)14(8-21)25-13/h3-6,9,12-14,21-22H,7-8H2,1-2H3,(H,18,20,23)/t12-,13-,14+/m0/s1. The first kappa shape index (κ1) is 18.7. The van der Waals surface area contributed by atoms with Gasteiger partial charge in [-0.15, -0.1) is 10.2 Å². The predicted molar refractivity (Wildman–Crippen MR) is 95.4 cm³/mol. The van der Waals surface area contributed by atoms with Crippen LogP contribution in [0.3, 0.4) is 0 Å². The topological polar surface area (TPSA) is 114 Å². The minimum atomic E-state index is -0.740. The Bertz CT molecular complexity index is 766. The van der Waals surface area contributed by atoms with Gasteiger partial charge in [-0.05, 0) is 32.0 Å². The van der Waals surface area contributed by atoms with Crippen molar-refractivity contribution in [1.82, 2.24) is 10.2 Å². The lowest BCUT2D eigenvalue weighted by Crippen LogP contribution is -2.24. The molecule has 0 spiro atoms. The third-order valence-electron chi connectivity index (χ3n) is 3.81. The molecular weight excluding hydrogens is 358 g/mol. The van der Waals surface area contributed by atoms with Gasteiger partial charge in [-0.3, -0.25) is 10.1 Å². The summed E-state index contributed by atoms with van der Waals surface area (Å²) >= 11 is 1.18. The van der Waals surface area contributed by atoms with Gasteiger partial charge in [0.15, 0.2) is 0 Å². The molecule has 3 atom stereocenters. The maximum absolute atomic E-state index is 12.4. The maximum atomic E-state index is 12.4. The van der Waals surface area contributed by atoms with Gasteiger partial charge in [0.25, 0.3) is 5.91 Å². The smallest absolute Gasteiger partial charge is 0.257 e. The van der Waals surface area contributed by atoms with E-state index in [9.17, 15) is 9.90 Å². The van der Waals surface area contributed by atoms with Crippen molar-refractivity contribution in [2.24, 2.45) is 0 Å². The van der Waals surface area contributed by atoms with Crippen LogP contribution in [0.15, 0.2) is 24.3 Å². The molecule has 1 amide bonds. The van der Waals surface area contributed by atoms with Gasteiger partial charge in [0.2, 0.25) is 5.13 Å². The zero-order valence-electron chi connectivity index (χ0n) is 14.5. The van der Waals surface area contributed by atoms with Crippen molar-refractivity contribution in [3.05, 3.63) is 34.8 Å². The van der Waals surface area contributed by atoms with Gasteiger partial charge in [0.05, 0.1) is 18.8 Å². The van der Waals surface area contributed by atoms with Crippen molar-refractivity contribution >= 4 is 22.4 Å². The van der Waals surface area contributed by atoms with Gasteiger partial charge in [-0.25, -0.2) is 0 Å². The van der Waals surface area contributed by atoms with E-state index in [-0.39, 0.29) is 18.6 Å². The summed E-state index contributed by atoms with van der Waals surface area (Å²) in [5.74, 6) is 0.302. The number of anilines is 1. The van der Waals surface area contributed by atoms with Gasteiger partial charge in [-0.1, -0.05) is 17.4 Å². The van der Waals surface area contributed by atoms with Crippen LogP contribution in [0.1, 0.15) is 41.7 Å². The fraction of sp³-hybridized carbons (Fsp3) is 0.471. The van der Waals surface area contributed by atoms with E-state index in [2.05, 4.69) is 15.5 Å². The van der Waals surface area contributed by atoms with E-state index in [1.165, 1.54) is 11.3 Å². The predicted octanol–water partition coefficient (Wildman–Crippen LogP) is 1.76. The number of aliphatic hydroxyl groups excluding tert-OH is 2. The van der Waals surface area contributed by atoms with Gasteiger partial charge in [0.1, 0.15) is 23.0 Å². The van der Waals surface area contributed by atoms with E-state index in [4.69, 9.17) is 14.6 Å². The molecule has 1 aliphatic heterocycles. The molecule has 0 saturated carbocycles. The second-order valence-electron chi connectivity index (χ2n) is 6.24. The van der Waals surface area contributed by atoms with Crippen LogP contribution in [0.4, 0.5) is 5.13 Å². The quantitative estimate of drug-likeness (QED) is 0.701. The molecule has 1 aliphatic rings. The van der Waals surface area contributed by atoms with Crippen LogP contribution >= 0.6 is 11.3 Å². The lowest BCUT2D eigenvalue weighted by atomic mass is 10.1. The molecule has 0 aliphatic carbocycles. The van der Waals surface area contributed by atoms with Crippen molar-refractivity contribution < 1.29 is 24.5 Å². The van der Waals surface area contributed by atoms with Crippen LogP contribution in [0, 0.1) is 0 Å². The van der Waals surface area contributed by atoms with E-state index in [1.807, 2.05) is 13.8 Å². The highest BCUT2D eigenvalue weighted by molar-refractivity contribution is 7.15. The summed E-state index contributed by atoms with van der Waals surface area (Å²) in [7, 11) is 0. The summed E-state index contributed by atoms with van der Waals surface area (Å²) in [6.07, 6.45) is -1.44. The number of aromatic nitrogens is 2. The molecule has 2 heterocycles. The van der Waals surface area contributed by atoms with Crippen LogP contribution in [0.25, 0.3) is 0 Å². The summed E-state index contributed by atoms with van der Waals surface area (Å²) in [5, 5.41) is 30.5. The number of carbonyl (C=O) groups is 1. The third-order valence-corrected chi connectivity index (χ3v) is 4.74. The number of ether oxygens (including phenoxy) is 2. The first-order valence-electron chi connectivity index (χ1n) is 8.32. The number of rotatable bonds is 6. The first-order valence-corrected chi connectivity index (χ1v) is 9.13. The molecule has 2 aromatic rings. The van der Waals surface area contributed by atoms with Crippen LogP contribution < -0.4 is 10.1 Å². The Balaban J connectivity index is 1.65. The van der Waals surface area contributed by atoms with Crippen molar-refractivity contribution in [2.75, 3.05) is 11.9 Å². The molecule has 26 heavy (non-hydrogen) atoms. The summed E-state index contributed by atoms with van der Waals surface area (Å²) < 4.78 is 11.1. The number of hydrogen-bond donors (Lipinski definition) is 3. The molecule has 0 unspecified atom stereocenters. The molecule has 1 saturated heterocycles. The molecule has 9 heteroatoms. The van der Waals surface area contributed by atoms with Gasteiger partial charge in [0, 0.05) is 12.0 Å². The van der Waals surface area contributed by atoms with Gasteiger partial charge in [-0.2, -0.15) is 0 Å². The van der Waals surface area contributed by atoms with Crippen molar-refractivity contribution in [3.63, 3.8) is 0 Å². The molecule has 140 valence electrons. The van der Waals surface area contributed by atoms with E-state index >= 15 is 0 Å². The summed E-state index contributed by atoms with van der Waals surface area (Å²) in [6, 6.07) is 6.90. The van der Waals surface area contributed by atoms with Crippen LogP contribution in [0.5, 0.6) is 5.75 Å². The Hall–Kier alpha value is -2.07. The van der Waals surface area contributed by atoms with Crippen LogP contribution in [0.2, 0.25) is 0 Å². The fourth-order valence-electron chi connectivity index (χ4n) is 2.62. The minimum absolute atomic E-state index is 0.0172. The zero-order valence-corrected chi connectivity index (χ0v) is 15.3. The number of nitrogens with one attached hydrogen (secondary N) is 1. The Morgan fingerprint density at radius 3 is 2.96 bits per heavy atom. The number of amides is 1. The van der Waals surface area contributed by atoms with E-state index < -0.39 is 18.3 Å². The Labute approximate surface area is 154 Å². The van der Waals surface area contributed by atoms with Crippen molar-refractivity contribution in [2.45, 2.75) is 44.7 Å². The van der Waals surface area contributed by atoms with Gasteiger partial charge < -0.3 is 19.7 Å². The van der Waals surface area contributed by atoms with E-state index in [0.29, 0.717) is 27.9 Å². The number of nitrogens with zero attached hydrogens (tertiary/aromatic N) is 2. The average Bonchev–Trinajstić information content (AvgIpc) is 3.20. The highest BCUT2D eigenvalue weighted by Gasteiger charge is 2.36. The average molecular weight is 379 g/mol. The summed E-state index contributed by atoms with van der Waals surface area (Å²) in [5.41, 5.74) is 0.452. The summed E-state index contributed by atoms with van der Waals surface area (Å²) in [6.45, 7) is 3.58. The number of benzene rings is 1. The highest BCUT2D eigenvalue weighted by Crippen LogP contribution is 2.35. The third kappa shape index (κ3) is 4.36. The maximum Gasteiger partial charge on any atom is 0.257 e. The van der Waals surface area contributed by atoms with Gasteiger partial charge >= 0.3 is 0 Å². The molecular formula is C17H21N3O5S. The Kier molecular flexibility index (Phi) is 5.82. The molecule has 1 aromatic carbocycles. The first-order chi connectivity index (χ1) is 12.5. The monoisotopic (exact) mass is 379 g/mol. The van der Waals surface area contributed by atoms with Crippen LogP contribution in [-0.2, 0) is 4.74 Å². The normalized spacial score (nSPS) is 22.6. The number of carbonyl (C=O) groups excluding carboxylic acids is 1. The van der Waals surface area contributed by atoms with Crippen molar-refractivity contribution in [1.29, 1.82) is 0 Å². The number of aliphatic hydroxyl groups is 2. The molecule has 3 N–H and O–H groups in total. The summed E-state index contributed by atoms with van der Waals surface area (Å²) in [4.78, 5) is 12.4. The molecule has 8 nitrogen and oxygen atoms in total. The van der Waals surface area contributed by atoms with Crippen molar-refractivity contribution in [3.8, 4) is 5.75 Å². The lowest BCUT2D eigenvalue weighted by molar-refractivity contribution is -0.0227. The number of hydrogen-bond acceptors (Lipinski definition) is 8. The lowest BCUT2D eigenvalue weighted by Gasteiger charge is -2.10. The van der Waals surface area contributed by atoms with E-state index in [0.717, 1.165) is 0 Å². The molecule has 0 radical (unpaired) electrons. The van der Waals surface area contributed by atoms with E-state index in [1.54, 1.807) is 24.3 Å². The Morgan fingerprint density at radius 1 is 1.46 bits per heavy atom. The van der Waals surface area contributed by atoms with Crippen LogP contribution in [-0.4, -0.2) is 51.2 Å². The zero-order chi connectivity index (χ0) is 18.7. The second kappa shape index (κ2) is 8.09. The fourth-order valence-corrected chi connectivity index (χ4v) is 3.41. The molecule has 1 aromatic heterocycles. The second-order valence-corrected chi connectivity index (χ2v) is 7.25. The minimum Gasteiger partial charge on any atom is -0.491 e. The molecule has 0 bridgehead atoms. The highest BCUT2D eigenvalue weighted by atomic mass is 32.1. The molecule has 1 fully saturated rings. The Morgan fingerprint density at radius 2 is 2.27 bits per heavy atom. The largest absolute Gasteiger partial charge is 0.491 e.